The second kappa shape index (κ2) is 9.22. The van der Waals surface area contributed by atoms with Crippen LogP contribution in [0.4, 0.5) is 0 Å². The van der Waals surface area contributed by atoms with E-state index >= 15 is 0 Å². The van der Waals surface area contributed by atoms with E-state index in [2.05, 4.69) is 15.5 Å². The SMILES string of the molecule is CCOc1ccc(C(C)(C)NC(=O)C[C@@H]2CC[C@H](CNC(C)=O)N2C)cc1. The summed E-state index contributed by atoms with van der Waals surface area (Å²) < 4.78 is 5.48. The monoisotopic (exact) mass is 375 g/mol. The van der Waals surface area contributed by atoms with Crippen LogP contribution in [-0.2, 0) is 15.1 Å². The molecule has 2 N–H and O–H groups in total. The molecule has 2 atom stereocenters. The van der Waals surface area contributed by atoms with Crippen LogP contribution in [0.25, 0.3) is 0 Å². The molecule has 6 nitrogen and oxygen atoms in total. The smallest absolute Gasteiger partial charge is 0.222 e. The quantitative estimate of drug-likeness (QED) is 0.732. The number of rotatable bonds is 8. The Kier molecular flexibility index (Phi) is 7.25. The summed E-state index contributed by atoms with van der Waals surface area (Å²) in [6.07, 6.45) is 2.43. The molecule has 6 heteroatoms. The Morgan fingerprint density at radius 1 is 1.19 bits per heavy atom. The van der Waals surface area contributed by atoms with E-state index in [9.17, 15) is 9.59 Å². The molecule has 2 rings (SSSR count). The van der Waals surface area contributed by atoms with E-state index in [1.165, 1.54) is 6.92 Å². The molecule has 2 amide bonds. The first kappa shape index (κ1) is 21.2. The third kappa shape index (κ3) is 5.96. The van der Waals surface area contributed by atoms with Crippen molar-refractivity contribution in [2.24, 2.45) is 0 Å². The van der Waals surface area contributed by atoms with Crippen molar-refractivity contribution < 1.29 is 14.3 Å². The highest BCUT2D eigenvalue weighted by Gasteiger charge is 2.33. The van der Waals surface area contributed by atoms with Crippen LogP contribution in [0.5, 0.6) is 5.75 Å². The van der Waals surface area contributed by atoms with Crippen molar-refractivity contribution in [1.82, 2.24) is 15.5 Å². The van der Waals surface area contributed by atoms with E-state index in [0.29, 0.717) is 25.6 Å². The van der Waals surface area contributed by atoms with Gasteiger partial charge in [-0.1, -0.05) is 12.1 Å². The van der Waals surface area contributed by atoms with Gasteiger partial charge in [0, 0.05) is 32.0 Å². The lowest BCUT2D eigenvalue weighted by Crippen LogP contribution is -2.45. The van der Waals surface area contributed by atoms with E-state index in [1.807, 2.05) is 52.1 Å². The summed E-state index contributed by atoms with van der Waals surface area (Å²) in [5, 5.41) is 6.03. The van der Waals surface area contributed by atoms with E-state index < -0.39 is 5.54 Å². The summed E-state index contributed by atoms with van der Waals surface area (Å²) in [4.78, 5) is 26.0. The summed E-state index contributed by atoms with van der Waals surface area (Å²) in [5.41, 5.74) is 0.594. The highest BCUT2D eigenvalue weighted by atomic mass is 16.5. The Hall–Kier alpha value is -2.08. The number of carbonyl (C=O) groups excluding carboxylic acids is 2. The molecule has 1 aromatic carbocycles. The molecular weight excluding hydrogens is 342 g/mol. The lowest BCUT2D eigenvalue weighted by molar-refractivity contribution is -0.124. The molecule has 1 aliphatic heterocycles. The Balaban J connectivity index is 1.89. The Labute approximate surface area is 162 Å². The van der Waals surface area contributed by atoms with Gasteiger partial charge in [0.2, 0.25) is 11.8 Å². The first-order chi connectivity index (χ1) is 12.7. The van der Waals surface area contributed by atoms with E-state index in [4.69, 9.17) is 4.74 Å². The van der Waals surface area contributed by atoms with E-state index in [1.54, 1.807) is 0 Å². The summed E-state index contributed by atoms with van der Waals surface area (Å²) >= 11 is 0. The summed E-state index contributed by atoms with van der Waals surface area (Å²) in [5.74, 6) is 0.869. The molecule has 0 unspecified atom stereocenters. The molecule has 1 aromatic rings. The van der Waals surface area contributed by atoms with Gasteiger partial charge in [-0.15, -0.1) is 0 Å². The van der Waals surface area contributed by atoms with Gasteiger partial charge in [-0.25, -0.2) is 0 Å². The number of ether oxygens (including phenoxy) is 1. The minimum absolute atomic E-state index is 0.0123. The highest BCUT2D eigenvalue weighted by Crippen LogP contribution is 2.26. The van der Waals surface area contributed by atoms with Gasteiger partial charge >= 0.3 is 0 Å². The number of likely N-dealkylation sites (N-methyl/N-ethyl adjacent to an activating group) is 1. The van der Waals surface area contributed by atoms with Crippen molar-refractivity contribution >= 4 is 11.8 Å². The van der Waals surface area contributed by atoms with Crippen molar-refractivity contribution in [3.8, 4) is 5.75 Å². The highest BCUT2D eigenvalue weighted by molar-refractivity contribution is 5.77. The van der Waals surface area contributed by atoms with Gasteiger partial charge in [-0.2, -0.15) is 0 Å². The zero-order valence-electron chi connectivity index (χ0n) is 17.2. The van der Waals surface area contributed by atoms with Crippen molar-refractivity contribution in [3.05, 3.63) is 29.8 Å². The first-order valence-electron chi connectivity index (χ1n) is 9.73. The van der Waals surface area contributed by atoms with Crippen molar-refractivity contribution in [2.75, 3.05) is 20.2 Å². The molecule has 1 heterocycles. The predicted molar refractivity (Wildman–Crippen MR) is 107 cm³/mol. The zero-order chi connectivity index (χ0) is 20.0. The number of nitrogens with zero attached hydrogens (tertiary/aromatic N) is 1. The summed E-state index contributed by atoms with van der Waals surface area (Å²) in [6.45, 7) is 8.79. The van der Waals surface area contributed by atoms with Gasteiger partial charge in [0.15, 0.2) is 0 Å². The molecule has 150 valence electrons. The average molecular weight is 376 g/mol. The van der Waals surface area contributed by atoms with Gasteiger partial charge in [0.05, 0.1) is 12.1 Å². The number of likely N-dealkylation sites (tertiary alicyclic amines) is 1. The third-order valence-electron chi connectivity index (χ3n) is 5.33. The van der Waals surface area contributed by atoms with Crippen LogP contribution >= 0.6 is 0 Å². The molecule has 0 saturated carbocycles. The molecule has 0 spiro atoms. The standard InChI is InChI=1S/C21H33N3O3/c1-6-27-19-11-7-16(8-12-19)21(3,4)23-20(26)13-17-9-10-18(24(17)5)14-22-15(2)25/h7-8,11-12,17-18H,6,9-10,13-14H2,1-5H3,(H,22,25)(H,23,26)/t17-,18+/m0/s1. The van der Waals surface area contributed by atoms with Crippen LogP contribution in [0.1, 0.15) is 52.5 Å². The Morgan fingerprint density at radius 2 is 1.81 bits per heavy atom. The Morgan fingerprint density at radius 3 is 2.41 bits per heavy atom. The number of nitrogens with one attached hydrogen (secondary N) is 2. The maximum atomic E-state index is 12.6. The molecule has 0 aromatic heterocycles. The van der Waals surface area contributed by atoms with Crippen LogP contribution in [0.3, 0.4) is 0 Å². The van der Waals surface area contributed by atoms with Crippen LogP contribution < -0.4 is 15.4 Å². The molecule has 0 bridgehead atoms. The van der Waals surface area contributed by atoms with Crippen molar-refractivity contribution in [2.45, 2.75) is 64.6 Å². The maximum absolute atomic E-state index is 12.6. The topological polar surface area (TPSA) is 70.7 Å². The Bertz CT molecular complexity index is 643. The average Bonchev–Trinajstić information content (AvgIpc) is 2.93. The number of amides is 2. The molecule has 27 heavy (non-hydrogen) atoms. The zero-order valence-corrected chi connectivity index (χ0v) is 17.2. The summed E-state index contributed by atoms with van der Waals surface area (Å²) in [7, 11) is 2.04. The molecule has 0 aliphatic carbocycles. The second-order valence-electron chi connectivity index (χ2n) is 7.82. The summed E-state index contributed by atoms with van der Waals surface area (Å²) in [6, 6.07) is 8.37. The van der Waals surface area contributed by atoms with Crippen LogP contribution in [-0.4, -0.2) is 49.0 Å². The molecule has 1 fully saturated rings. The number of carbonyl (C=O) groups is 2. The van der Waals surface area contributed by atoms with Gasteiger partial charge in [0.1, 0.15) is 5.75 Å². The molecule has 0 radical (unpaired) electrons. The maximum Gasteiger partial charge on any atom is 0.222 e. The third-order valence-corrected chi connectivity index (χ3v) is 5.33. The van der Waals surface area contributed by atoms with Gasteiger partial charge < -0.3 is 15.4 Å². The fourth-order valence-corrected chi connectivity index (χ4v) is 3.66. The van der Waals surface area contributed by atoms with E-state index in [0.717, 1.165) is 24.2 Å². The molecule has 1 aliphatic rings. The first-order valence-corrected chi connectivity index (χ1v) is 9.73. The van der Waals surface area contributed by atoms with Crippen LogP contribution in [0.15, 0.2) is 24.3 Å². The largest absolute Gasteiger partial charge is 0.494 e. The van der Waals surface area contributed by atoms with Gasteiger partial charge in [0.25, 0.3) is 0 Å². The normalized spacial score (nSPS) is 20.3. The second-order valence-corrected chi connectivity index (χ2v) is 7.82. The minimum Gasteiger partial charge on any atom is -0.494 e. The van der Waals surface area contributed by atoms with Crippen molar-refractivity contribution in [1.29, 1.82) is 0 Å². The van der Waals surface area contributed by atoms with E-state index in [-0.39, 0.29) is 17.9 Å². The van der Waals surface area contributed by atoms with Crippen LogP contribution in [0, 0.1) is 0 Å². The van der Waals surface area contributed by atoms with Crippen molar-refractivity contribution in [3.63, 3.8) is 0 Å². The number of benzene rings is 1. The van der Waals surface area contributed by atoms with Crippen LogP contribution in [0.2, 0.25) is 0 Å². The predicted octanol–water partition coefficient (Wildman–Crippen LogP) is 2.43. The van der Waals surface area contributed by atoms with Gasteiger partial charge in [-0.3, -0.25) is 14.5 Å². The number of hydrogen-bond acceptors (Lipinski definition) is 4. The lowest BCUT2D eigenvalue weighted by atomic mass is 9.93. The molecule has 1 saturated heterocycles. The van der Waals surface area contributed by atoms with Gasteiger partial charge in [-0.05, 0) is 58.4 Å². The fourth-order valence-electron chi connectivity index (χ4n) is 3.66. The number of hydrogen-bond donors (Lipinski definition) is 2. The lowest BCUT2D eigenvalue weighted by Gasteiger charge is -2.30. The minimum atomic E-state index is -0.450. The fraction of sp³-hybridized carbons (Fsp3) is 0.619. The molecular formula is C21H33N3O3.